The van der Waals surface area contributed by atoms with Gasteiger partial charge in [0.2, 0.25) is 0 Å². The van der Waals surface area contributed by atoms with E-state index in [9.17, 15) is 4.79 Å². The number of aryl methyl sites for hydroxylation is 2. The molecular weight excluding hydrogens is 302 g/mol. The monoisotopic (exact) mass is 321 g/mol. The van der Waals surface area contributed by atoms with Crippen LogP contribution < -0.4 is 5.32 Å². The second kappa shape index (κ2) is 6.55. The third-order valence-electron chi connectivity index (χ3n) is 3.76. The molecule has 1 N–H and O–H groups in total. The molecule has 118 valence electrons. The summed E-state index contributed by atoms with van der Waals surface area (Å²) in [5, 5.41) is 3.53. The highest BCUT2D eigenvalue weighted by atomic mass is 35.5. The lowest BCUT2D eigenvalue weighted by atomic mass is 9.95. The zero-order valence-corrected chi connectivity index (χ0v) is 14.0. The van der Waals surface area contributed by atoms with E-state index in [0.717, 1.165) is 5.56 Å². The number of rotatable bonds is 5. The molecule has 4 nitrogen and oxygen atoms in total. The predicted octanol–water partition coefficient (Wildman–Crippen LogP) is 3.84. The molecule has 0 fully saturated rings. The molecule has 0 saturated heterocycles. The van der Waals surface area contributed by atoms with Crippen molar-refractivity contribution in [1.82, 2.24) is 5.32 Å². The van der Waals surface area contributed by atoms with Gasteiger partial charge in [0.15, 0.2) is 0 Å². The SMILES string of the molecule is CO[C@@](C)(CNC(=O)c1cc(C)oc1C)c1cccc(Cl)c1. The topological polar surface area (TPSA) is 51.5 Å². The molecule has 5 heteroatoms. The van der Waals surface area contributed by atoms with Crippen LogP contribution in [-0.2, 0) is 10.3 Å². The van der Waals surface area contributed by atoms with Crippen molar-refractivity contribution in [3.05, 3.63) is 58.0 Å². The van der Waals surface area contributed by atoms with Gasteiger partial charge in [-0.3, -0.25) is 4.79 Å². The van der Waals surface area contributed by atoms with Gasteiger partial charge in [0, 0.05) is 12.1 Å². The fourth-order valence-electron chi connectivity index (χ4n) is 2.31. The van der Waals surface area contributed by atoms with Crippen molar-refractivity contribution in [3.63, 3.8) is 0 Å². The summed E-state index contributed by atoms with van der Waals surface area (Å²) in [7, 11) is 1.61. The van der Waals surface area contributed by atoms with Crippen molar-refractivity contribution in [3.8, 4) is 0 Å². The molecule has 1 aromatic carbocycles. The number of carbonyl (C=O) groups excluding carboxylic acids is 1. The molecule has 1 aromatic heterocycles. The van der Waals surface area contributed by atoms with Gasteiger partial charge < -0.3 is 14.5 Å². The standard InChI is InChI=1S/C17H20ClNO3/c1-11-8-15(12(2)22-11)16(20)19-10-17(3,21-4)13-6-5-7-14(18)9-13/h5-9H,10H2,1-4H3,(H,19,20)/t17-/m0/s1. The van der Waals surface area contributed by atoms with E-state index in [0.29, 0.717) is 28.7 Å². The molecule has 0 aliphatic heterocycles. The van der Waals surface area contributed by atoms with E-state index in [4.69, 9.17) is 20.8 Å². The van der Waals surface area contributed by atoms with Gasteiger partial charge in [-0.15, -0.1) is 0 Å². The summed E-state index contributed by atoms with van der Waals surface area (Å²) in [6.45, 7) is 5.82. The van der Waals surface area contributed by atoms with E-state index < -0.39 is 5.60 Å². The van der Waals surface area contributed by atoms with Crippen LogP contribution in [0.3, 0.4) is 0 Å². The smallest absolute Gasteiger partial charge is 0.254 e. The van der Waals surface area contributed by atoms with Gasteiger partial charge >= 0.3 is 0 Å². The van der Waals surface area contributed by atoms with Crippen molar-refractivity contribution >= 4 is 17.5 Å². The summed E-state index contributed by atoms with van der Waals surface area (Å²) < 4.78 is 11.0. The number of benzene rings is 1. The minimum atomic E-state index is -0.659. The number of hydrogen-bond donors (Lipinski definition) is 1. The van der Waals surface area contributed by atoms with Crippen LogP contribution in [0.2, 0.25) is 5.02 Å². The Morgan fingerprint density at radius 1 is 1.36 bits per heavy atom. The Balaban J connectivity index is 2.14. The van der Waals surface area contributed by atoms with E-state index in [1.165, 1.54) is 0 Å². The number of hydrogen-bond acceptors (Lipinski definition) is 3. The molecule has 0 aliphatic rings. The van der Waals surface area contributed by atoms with Gasteiger partial charge in [0.1, 0.15) is 17.1 Å². The lowest BCUT2D eigenvalue weighted by Gasteiger charge is -2.29. The maximum Gasteiger partial charge on any atom is 0.254 e. The number of methoxy groups -OCH3 is 1. The number of halogens is 1. The fraction of sp³-hybridized carbons (Fsp3) is 0.353. The van der Waals surface area contributed by atoms with Gasteiger partial charge in [-0.1, -0.05) is 23.7 Å². The molecule has 0 radical (unpaired) electrons. The normalized spacial score (nSPS) is 13.7. The van der Waals surface area contributed by atoms with Crippen molar-refractivity contribution in [2.24, 2.45) is 0 Å². The van der Waals surface area contributed by atoms with Crippen LogP contribution in [0.15, 0.2) is 34.7 Å². The summed E-state index contributed by atoms with van der Waals surface area (Å²) in [5.74, 6) is 1.14. The Morgan fingerprint density at radius 2 is 2.09 bits per heavy atom. The Bertz CT molecular complexity index is 680. The van der Waals surface area contributed by atoms with Crippen molar-refractivity contribution in [2.75, 3.05) is 13.7 Å². The first kappa shape index (κ1) is 16.6. The average Bonchev–Trinajstić information content (AvgIpc) is 2.83. The van der Waals surface area contributed by atoms with Crippen LogP contribution in [-0.4, -0.2) is 19.6 Å². The molecule has 0 aliphatic carbocycles. The average molecular weight is 322 g/mol. The summed E-state index contributed by atoms with van der Waals surface area (Å²) in [6, 6.07) is 9.16. The quantitative estimate of drug-likeness (QED) is 0.910. The third kappa shape index (κ3) is 3.51. The maximum absolute atomic E-state index is 12.3. The minimum Gasteiger partial charge on any atom is -0.466 e. The molecule has 22 heavy (non-hydrogen) atoms. The minimum absolute atomic E-state index is 0.181. The maximum atomic E-state index is 12.3. The van der Waals surface area contributed by atoms with E-state index in [-0.39, 0.29) is 5.91 Å². The Morgan fingerprint density at radius 3 is 2.64 bits per heavy atom. The molecule has 0 bridgehead atoms. The predicted molar refractivity (Wildman–Crippen MR) is 86.3 cm³/mol. The van der Waals surface area contributed by atoms with Gasteiger partial charge in [0.05, 0.1) is 12.1 Å². The van der Waals surface area contributed by atoms with Crippen molar-refractivity contribution in [2.45, 2.75) is 26.4 Å². The van der Waals surface area contributed by atoms with Crippen LogP contribution in [0.4, 0.5) is 0 Å². The highest BCUT2D eigenvalue weighted by molar-refractivity contribution is 6.30. The molecule has 2 aromatic rings. The van der Waals surface area contributed by atoms with Gasteiger partial charge in [0.25, 0.3) is 5.91 Å². The fourth-order valence-corrected chi connectivity index (χ4v) is 2.50. The second-order valence-corrected chi connectivity index (χ2v) is 5.89. The van der Waals surface area contributed by atoms with E-state index in [2.05, 4.69) is 5.32 Å². The first-order valence-electron chi connectivity index (χ1n) is 7.02. The zero-order valence-electron chi connectivity index (χ0n) is 13.2. The summed E-state index contributed by atoms with van der Waals surface area (Å²) >= 11 is 6.03. The van der Waals surface area contributed by atoms with Crippen LogP contribution in [0, 0.1) is 13.8 Å². The van der Waals surface area contributed by atoms with Gasteiger partial charge in [-0.2, -0.15) is 0 Å². The van der Waals surface area contributed by atoms with Gasteiger partial charge in [-0.25, -0.2) is 0 Å². The Labute approximate surface area is 135 Å². The lowest BCUT2D eigenvalue weighted by molar-refractivity contribution is 0.00314. The molecule has 0 saturated carbocycles. The lowest BCUT2D eigenvalue weighted by Crippen LogP contribution is -2.40. The first-order chi connectivity index (χ1) is 10.4. The van der Waals surface area contributed by atoms with Crippen LogP contribution in [0.1, 0.15) is 34.4 Å². The molecule has 1 atom stereocenters. The van der Waals surface area contributed by atoms with E-state index in [1.54, 1.807) is 26.2 Å². The zero-order chi connectivity index (χ0) is 16.3. The van der Waals surface area contributed by atoms with Crippen molar-refractivity contribution in [1.29, 1.82) is 0 Å². The van der Waals surface area contributed by atoms with Gasteiger partial charge in [-0.05, 0) is 44.5 Å². The molecule has 2 rings (SSSR count). The Kier molecular flexibility index (Phi) is 4.94. The first-order valence-corrected chi connectivity index (χ1v) is 7.40. The molecule has 1 heterocycles. The second-order valence-electron chi connectivity index (χ2n) is 5.45. The number of nitrogens with one attached hydrogen (secondary N) is 1. The highest BCUT2D eigenvalue weighted by Crippen LogP contribution is 2.26. The highest BCUT2D eigenvalue weighted by Gasteiger charge is 2.28. The van der Waals surface area contributed by atoms with Crippen molar-refractivity contribution < 1.29 is 13.9 Å². The van der Waals surface area contributed by atoms with E-state index >= 15 is 0 Å². The molecule has 1 amide bonds. The number of carbonyl (C=O) groups is 1. The van der Waals surface area contributed by atoms with E-state index in [1.807, 2.05) is 32.0 Å². The Hall–Kier alpha value is -1.78. The number of ether oxygens (including phenoxy) is 1. The van der Waals surface area contributed by atoms with Crippen LogP contribution in [0.5, 0.6) is 0 Å². The summed E-state index contributed by atoms with van der Waals surface area (Å²) in [6.07, 6.45) is 0. The largest absolute Gasteiger partial charge is 0.466 e. The third-order valence-corrected chi connectivity index (χ3v) is 3.99. The van der Waals surface area contributed by atoms with Crippen LogP contribution in [0.25, 0.3) is 0 Å². The summed E-state index contributed by atoms with van der Waals surface area (Å²) in [5.41, 5.74) is 0.790. The number of amides is 1. The molecular formula is C17H20ClNO3. The number of furan rings is 1. The molecule has 0 spiro atoms. The van der Waals surface area contributed by atoms with Crippen LogP contribution >= 0.6 is 11.6 Å². The summed E-state index contributed by atoms with van der Waals surface area (Å²) in [4.78, 5) is 12.3. The molecule has 0 unspecified atom stereocenters.